The summed E-state index contributed by atoms with van der Waals surface area (Å²) in [5.41, 5.74) is 1.08. The summed E-state index contributed by atoms with van der Waals surface area (Å²) >= 11 is 1.71. The first-order valence-electron chi connectivity index (χ1n) is 8.33. The molecule has 0 spiro atoms. The van der Waals surface area contributed by atoms with Crippen LogP contribution < -0.4 is 10.6 Å². The fourth-order valence-electron chi connectivity index (χ4n) is 2.39. The lowest BCUT2D eigenvalue weighted by atomic mass is 10.3. The number of guanidine groups is 1. The van der Waals surface area contributed by atoms with E-state index in [1.807, 2.05) is 13.8 Å². The van der Waals surface area contributed by atoms with Crippen LogP contribution in [0.25, 0.3) is 0 Å². The van der Waals surface area contributed by atoms with Gasteiger partial charge in [-0.1, -0.05) is 0 Å². The Bertz CT molecular complexity index is 498. The third-order valence-electron chi connectivity index (χ3n) is 3.58. The third kappa shape index (κ3) is 6.45. The van der Waals surface area contributed by atoms with Crippen LogP contribution in [-0.2, 0) is 16.0 Å². The Kier molecular flexibility index (Phi) is 7.78. The number of rotatable bonds is 8. The van der Waals surface area contributed by atoms with Gasteiger partial charge >= 0.3 is 0 Å². The summed E-state index contributed by atoms with van der Waals surface area (Å²) in [6.07, 6.45) is 2.26. The van der Waals surface area contributed by atoms with E-state index in [4.69, 9.17) is 9.47 Å². The SMILES string of the molecule is CCNC(=NCc1sc(C)nc1C)NCCCOC1CCOC1. The highest BCUT2D eigenvalue weighted by Gasteiger charge is 2.15. The molecule has 1 aromatic heterocycles. The molecule has 23 heavy (non-hydrogen) atoms. The molecule has 6 nitrogen and oxygen atoms in total. The highest BCUT2D eigenvalue weighted by atomic mass is 32.1. The van der Waals surface area contributed by atoms with Gasteiger partial charge < -0.3 is 20.1 Å². The number of hydrogen-bond acceptors (Lipinski definition) is 5. The minimum Gasteiger partial charge on any atom is -0.379 e. The molecule has 0 amide bonds. The van der Waals surface area contributed by atoms with Crippen LogP contribution in [-0.4, -0.2) is 50.0 Å². The molecule has 0 aromatic carbocycles. The van der Waals surface area contributed by atoms with Gasteiger partial charge in [-0.15, -0.1) is 11.3 Å². The summed E-state index contributed by atoms with van der Waals surface area (Å²) < 4.78 is 11.1. The minimum absolute atomic E-state index is 0.287. The van der Waals surface area contributed by atoms with Crippen molar-refractivity contribution in [3.05, 3.63) is 15.6 Å². The van der Waals surface area contributed by atoms with Gasteiger partial charge in [0.2, 0.25) is 0 Å². The number of nitrogens with one attached hydrogen (secondary N) is 2. The molecule has 1 unspecified atom stereocenters. The van der Waals surface area contributed by atoms with E-state index in [9.17, 15) is 0 Å². The molecule has 1 aliphatic heterocycles. The molecule has 1 aromatic rings. The molecule has 7 heteroatoms. The number of thiazole rings is 1. The van der Waals surface area contributed by atoms with Crippen molar-refractivity contribution >= 4 is 17.3 Å². The predicted octanol–water partition coefficient (Wildman–Crippen LogP) is 2.01. The zero-order valence-corrected chi connectivity index (χ0v) is 15.2. The second kappa shape index (κ2) is 9.85. The lowest BCUT2D eigenvalue weighted by molar-refractivity contribution is 0.0420. The van der Waals surface area contributed by atoms with Gasteiger partial charge in [-0.25, -0.2) is 9.98 Å². The maximum atomic E-state index is 5.76. The largest absolute Gasteiger partial charge is 0.379 e. The average Bonchev–Trinajstić information content (AvgIpc) is 3.14. The molecular weight excluding hydrogens is 312 g/mol. The molecule has 0 radical (unpaired) electrons. The maximum Gasteiger partial charge on any atom is 0.191 e. The molecule has 0 bridgehead atoms. The molecule has 130 valence electrons. The van der Waals surface area contributed by atoms with Gasteiger partial charge in [0.05, 0.1) is 30.0 Å². The number of aliphatic imine (C=N–C) groups is 1. The molecule has 1 saturated heterocycles. The van der Waals surface area contributed by atoms with E-state index in [0.29, 0.717) is 6.54 Å². The van der Waals surface area contributed by atoms with Crippen LogP contribution in [0.1, 0.15) is 35.3 Å². The Morgan fingerprint density at radius 2 is 2.30 bits per heavy atom. The minimum atomic E-state index is 0.287. The second-order valence-electron chi connectivity index (χ2n) is 5.57. The summed E-state index contributed by atoms with van der Waals surface area (Å²) in [4.78, 5) is 10.3. The number of ether oxygens (including phenoxy) is 2. The van der Waals surface area contributed by atoms with E-state index in [-0.39, 0.29) is 6.10 Å². The van der Waals surface area contributed by atoms with E-state index < -0.39 is 0 Å². The summed E-state index contributed by atoms with van der Waals surface area (Å²) in [5, 5.41) is 7.72. The summed E-state index contributed by atoms with van der Waals surface area (Å²) in [5.74, 6) is 0.849. The highest BCUT2D eigenvalue weighted by molar-refractivity contribution is 7.11. The molecule has 1 aliphatic rings. The van der Waals surface area contributed by atoms with Crippen LogP contribution in [0.4, 0.5) is 0 Å². The molecule has 1 atom stereocenters. The molecule has 2 rings (SSSR count). The molecule has 2 N–H and O–H groups in total. The molecule has 0 saturated carbocycles. The number of aromatic nitrogens is 1. The Balaban J connectivity index is 1.69. The van der Waals surface area contributed by atoms with Crippen molar-refractivity contribution in [3.8, 4) is 0 Å². The quantitative estimate of drug-likeness (QED) is 0.430. The monoisotopic (exact) mass is 340 g/mol. The fourth-order valence-corrected chi connectivity index (χ4v) is 3.25. The third-order valence-corrected chi connectivity index (χ3v) is 4.64. The van der Waals surface area contributed by atoms with Crippen LogP contribution >= 0.6 is 11.3 Å². The van der Waals surface area contributed by atoms with Crippen LogP contribution in [0, 0.1) is 13.8 Å². The highest BCUT2D eigenvalue weighted by Crippen LogP contribution is 2.17. The van der Waals surface area contributed by atoms with Gasteiger partial charge in [-0.3, -0.25) is 0 Å². The van der Waals surface area contributed by atoms with Gasteiger partial charge in [0.1, 0.15) is 0 Å². The molecular formula is C16H28N4O2S. The van der Waals surface area contributed by atoms with E-state index >= 15 is 0 Å². The first kappa shape index (κ1) is 18.2. The maximum absolute atomic E-state index is 5.76. The van der Waals surface area contributed by atoms with E-state index in [1.165, 1.54) is 4.88 Å². The van der Waals surface area contributed by atoms with Crippen molar-refractivity contribution in [2.24, 2.45) is 4.99 Å². The zero-order chi connectivity index (χ0) is 16.5. The number of hydrogen-bond donors (Lipinski definition) is 2. The summed E-state index contributed by atoms with van der Waals surface area (Å²) in [6, 6.07) is 0. The second-order valence-corrected chi connectivity index (χ2v) is 6.86. The Labute approximate surface area is 142 Å². The Morgan fingerprint density at radius 3 is 2.96 bits per heavy atom. The first-order chi connectivity index (χ1) is 11.2. The van der Waals surface area contributed by atoms with Gasteiger partial charge in [0.25, 0.3) is 0 Å². The van der Waals surface area contributed by atoms with E-state index in [1.54, 1.807) is 11.3 Å². The number of aryl methyl sites for hydroxylation is 2. The Morgan fingerprint density at radius 1 is 1.43 bits per heavy atom. The van der Waals surface area contributed by atoms with Crippen LogP contribution in [0.2, 0.25) is 0 Å². The fraction of sp³-hybridized carbons (Fsp3) is 0.750. The Hall–Kier alpha value is -1.18. The summed E-state index contributed by atoms with van der Waals surface area (Å²) in [7, 11) is 0. The van der Waals surface area contributed by atoms with Crippen molar-refractivity contribution in [2.75, 3.05) is 32.9 Å². The van der Waals surface area contributed by atoms with E-state index in [2.05, 4.69) is 27.5 Å². The molecule has 0 aliphatic carbocycles. The first-order valence-corrected chi connectivity index (χ1v) is 9.15. The lowest BCUT2D eigenvalue weighted by Gasteiger charge is -2.12. The lowest BCUT2D eigenvalue weighted by Crippen LogP contribution is -2.38. The van der Waals surface area contributed by atoms with E-state index in [0.717, 1.165) is 62.4 Å². The van der Waals surface area contributed by atoms with Crippen molar-refractivity contribution in [3.63, 3.8) is 0 Å². The predicted molar refractivity (Wildman–Crippen MR) is 94.2 cm³/mol. The number of nitrogens with zero attached hydrogens (tertiary/aromatic N) is 2. The van der Waals surface area contributed by atoms with Crippen LogP contribution in [0.15, 0.2) is 4.99 Å². The van der Waals surface area contributed by atoms with Gasteiger partial charge in [-0.05, 0) is 33.6 Å². The zero-order valence-electron chi connectivity index (χ0n) is 14.4. The average molecular weight is 340 g/mol. The normalized spacial score (nSPS) is 18.4. The van der Waals surface area contributed by atoms with Crippen molar-refractivity contribution < 1.29 is 9.47 Å². The smallest absolute Gasteiger partial charge is 0.191 e. The standard InChI is InChI=1S/C16H28N4O2S/c1-4-17-16(19-10-15-12(2)20-13(3)23-15)18-7-5-8-22-14-6-9-21-11-14/h14H,4-11H2,1-3H3,(H2,17,18,19). The van der Waals surface area contributed by atoms with Gasteiger partial charge in [0, 0.05) is 31.2 Å². The van der Waals surface area contributed by atoms with Crippen molar-refractivity contribution in [1.29, 1.82) is 0 Å². The molecule has 1 fully saturated rings. The van der Waals surface area contributed by atoms with Crippen LogP contribution in [0.5, 0.6) is 0 Å². The van der Waals surface area contributed by atoms with Crippen LogP contribution in [0.3, 0.4) is 0 Å². The van der Waals surface area contributed by atoms with Gasteiger partial charge in [0.15, 0.2) is 5.96 Å². The van der Waals surface area contributed by atoms with Gasteiger partial charge in [-0.2, -0.15) is 0 Å². The van der Waals surface area contributed by atoms with Crippen molar-refractivity contribution in [1.82, 2.24) is 15.6 Å². The summed E-state index contributed by atoms with van der Waals surface area (Å²) in [6.45, 7) is 10.8. The van der Waals surface area contributed by atoms with Crippen molar-refractivity contribution in [2.45, 2.75) is 46.3 Å². The molecule has 2 heterocycles. The topological polar surface area (TPSA) is 67.8 Å².